The van der Waals surface area contributed by atoms with Crippen LogP contribution >= 0.6 is 0 Å². The predicted molar refractivity (Wildman–Crippen MR) is 71.7 cm³/mol. The number of nitrogens with zero attached hydrogens (tertiary/aromatic N) is 1. The van der Waals surface area contributed by atoms with E-state index in [2.05, 4.69) is 0 Å². The van der Waals surface area contributed by atoms with Crippen LogP contribution in [0.25, 0.3) is 0 Å². The van der Waals surface area contributed by atoms with E-state index in [1.165, 1.54) is 18.2 Å². The summed E-state index contributed by atoms with van der Waals surface area (Å²) in [4.78, 5) is 0. The summed E-state index contributed by atoms with van der Waals surface area (Å²) in [5, 5.41) is 26.8. The maximum absolute atomic E-state index is 13.5. The van der Waals surface area contributed by atoms with Crippen LogP contribution in [0.2, 0.25) is 0 Å². The maximum atomic E-state index is 13.5. The molecule has 0 atom stereocenters. The second kappa shape index (κ2) is 6.35. The van der Waals surface area contributed by atoms with Gasteiger partial charge in [-0.1, -0.05) is 12.1 Å². The molecular formula is C14H10BF2NO3. The summed E-state index contributed by atoms with van der Waals surface area (Å²) >= 11 is 0. The van der Waals surface area contributed by atoms with E-state index in [0.29, 0.717) is 5.56 Å². The lowest BCUT2D eigenvalue weighted by atomic mass is 9.80. The third kappa shape index (κ3) is 3.57. The molecule has 0 aliphatic heterocycles. The highest BCUT2D eigenvalue weighted by molar-refractivity contribution is 6.58. The second-order valence-electron chi connectivity index (χ2n) is 4.28. The molecule has 2 aromatic carbocycles. The van der Waals surface area contributed by atoms with Gasteiger partial charge in [0.05, 0.1) is 5.56 Å². The summed E-state index contributed by atoms with van der Waals surface area (Å²) in [6.07, 6.45) is 0. The van der Waals surface area contributed by atoms with Gasteiger partial charge in [-0.25, -0.2) is 8.78 Å². The fraction of sp³-hybridized carbons (Fsp3) is 0.0714. The predicted octanol–water partition coefficient (Wildman–Crippen LogP) is 1.10. The molecule has 0 bridgehead atoms. The monoisotopic (exact) mass is 289 g/mol. The molecule has 0 aliphatic carbocycles. The molecule has 0 saturated heterocycles. The van der Waals surface area contributed by atoms with Crippen molar-refractivity contribution in [2.45, 2.75) is 6.61 Å². The first kappa shape index (κ1) is 15.0. The van der Waals surface area contributed by atoms with E-state index < -0.39 is 18.8 Å². The van der Waals surface area contributed by atoms with Gasteiger partial charge in [0.25, 0.3) is 0 Å². The van der Waals surface area contributed by atoms with Crippen LogP contribution in [0.1, 0.15) is 11.1 Å². The first-order chi connectivity index (χ1) is 10.0. The Balaban J connectivity index is 2.16. The van der Waals surface area contributed by atoms with Gasteiger partial charge in [-0.05, 0) is 35.3 Å². The van der Waals surface area contributed by atoms with Crippen molar-refractivity contribution in [2.75, 3.05) is 0 Å². The lowest BCUT2D eigenvalue weighted by Gasteiger charge is -2.09. The standard InChI is InChI=1S/C14H10BF2NO3/c16-12-3-1-9(5-10(12)7-18)8-21-14-6-11(15(19)20)2-4-13(14)17/h1-6,19-20H,8H2. The largest absolute Gasteiger partial charge is 0.488 e. The first-order valence-electron chi connectivity index (χ1n) is 5.98. The van der Waals surface area contributed by atoms with E-state index in [1.807, 2.05) is 0 Å². The average Bonchev–Trinajstić information content (AvgIpc) is 2.47. The Morgan fingerprint density at radius 1 is 1.10 bits per heavy atom. The summed E-state index contributed by atoms with van der Waals surface area (Å²) < 4.78 is 31.9. The van der Waals surface area contributed by atoms with Gasteiger partial charge in [0.15, 0.2) is 11.6 Å². The summed E-state index contributed by atoms with van der Waals surface area (Å²) in [6, 6.07) is 8.98. The molecular weight excluding hydrogens is 279 g/mol. The zero-order valence-electron chi connectivity index (χ0n) is 10.8. The van der Waals surface area contributed by atoms with E-state index in [1.54, 1.807) is 6.07 Å². The van der Waals surface area contributed by atoms with Gasteiger partial charge >= 0.3 is 7.12 Å². The number of hydrogen-bond donors (Lipinski definition) is 2. The Bertz CT molecular complexity index is 701. The van der Waals surface area contributed by atoms with Crippen molar-refractivity contribution >= 4 is 12.6 Å². The molecule has 7 heteroatoms. The zero-order chi connectivity index (χ0) is 15.4. The van der Waals surface area contributed by atoms with Crippen LogP contribution in [0.15, 0.2) is 36.4 Å². The van der Waals surface area contributed by atoms with E-state index in [0.717, 1.165) is 18.2 Å². The highest BCUT2D eigenvalue weighted by atomic mass is 19.1. The molecule has 0 spiro atoms. The van der Waals surface area contributed by atoms with Crippen LogP contribution in [-0.2, 0) is 6.61 Å². The molecule has 0 fully saturated rings. The molecule has 4 nitrogen and oxygen atoms in total. The van der Waals surface area contributed by atoms with Crippen LogP contribution in [-0.4, -0.2) is 17.2 Å². The van der Waals surface area contributed by atoms with Crippen LogP contribution in [0.3, 0.4) is 0 Å². The zero-order valence-corrected chi connectivity index (χ0v) is 10.8. The third-order valence-electron chi connectivity index (χ3n) is 2.80. The van der Waals surface area contributed by atoms with Crippen LogP contribution in [0.5, 0.6) is 5.75 Å². The number of rotatable bonds is 4. The number of halogens is 2. The SMILES string of the molecule is N#Cc1cc(COc2cc(B(O)O)ccc2F)ccc1F. The van der Waals surface area contributed by atoms with Crippen molar-refractivity contribution in [3.8, 4) is 11.8 Å². The Morgan fingerprint density at radius 3 is 2.48 bits per heavy atom. The normalized spacial score (nSPS) is 10.0. The molecule has 2 N–H and O–H groups in total. The molecule has 2 aromatic rings. The van der Waals surface area contributed by atoms with Crippen molar-refractivity contribution in [3.05, 3.63) is 59.2 Å². The summed E-state index contributed by atoms with van der Waals surface area (Å²) in [5.41, 5.74) is 0.446. The highest BCUT2D eigenvalue weighted by Crippen LogP contribution is 2.17. The summed E-state index contributed by atoms with van der Waals surface area (Å²) in [6.45, 7) is -0.0865. The maximum Gasteiger partial charge on any atom is 0.488 e. The van der Waals surface area contributed by atoms with Gasteiger partial charge in [-0.15, -0.1) is 0 Å². The molecule has 0 aromatic heterocycles. The number of hydrogen-bond acceptors (Lipinski definition) is 4. The van der Waals surface area contributed by atoms with E-state index in [-0.39, 0.29) is 23.4 Å². The molecule has 106 valence electrons. The Hall–Kier alpha value is -2.43. The molecule has 0 amide bonds. The van der Waals surface area contributed by atoms with Crippen LogP contribution in [0.4, 0.5) is 8.78 Å². The van der Waals surface area contributed by atoms with Gasteiger partial charge in [-0.2, -0.15) is 5.26 Å². The number of ether oxygens (including phenoxy) is 1. The quantitative estimate of drug-likeness (QED) is 0.826. The van der Waals surface area contributed by atoms with Gasteiger partial charge in [0, 0.05) is 0 Å². The van der Waals surface area contributed by atoms with Gasteiger partial charge in [0.1, 0.15) is 18.5 Å². The Labute approximate surface area is 120 Å². The second-order valence-corrected chi connectivity index (χ2v) is 4.28. The molecule has 0 unspecified atom stereocenters. The van der Waals surface area contributed by atoms with Crippen LogP contribution in [0, 0.1) is 23.0 Å². The minimum absolute atomic E-state index is 0.0863. The molecule has 0 saturated carbocycles. The minimum Gasteiger partial charge on any atom is -0.486 e. The van der Waals surface area contributed by atoms with Gasteiger partial charge < -0.3 is 14.8 Å². The van der Waals surface area contributed by atoms with E-state index in [9.17, 15) is 8.78 Å². The fourth-order valence-corrected chi connectivity index (χ4v) is 1.70. The van der Waals surface area contributed by atoms with Crippen LogP contribution < -0.4 is 10.2 Å². The first-order valence-corrected chi connectivity index (χ1v) is 5.98. The fourth-order valence-electron chi connectivity index (χ4n) is 1.70. The minimum atomic E-state index is -1.73. The van der Waals surface area contributed by atoms with E-state index >= 15 is 0 Å². The Morgan fingerprint density at radius 2 is 1.81 bits per heavy atom. The van der Waals surface area contributed by atoms with E-state index in [4.69, 9.17) is 20.0 Å². The van der Waals surface area contributed by atoms with Crippen molar-refractivity contribution in [1.29, 1.82) is 5.26 Å². The van der Waals surface area contributed by atoms with Crippen molar-refractivity contribution in [2.24, 2.45) is 0 Å². The molecule has 21 heavy (non-hydrogen) atoms. The molecule has 0 radical (unpaired) electrons. The van der Waals surface area contributed by atoms with Crippen molar-refractivity contribution < 1.29 is 23.6 Å². The lowest BCUT2D eigenvalue weighted by Crippen LogP contribution is -2.29. The van der Waals surface area contributed by atoms with Crippen molar-refractivity contribution in [3.63, 3.8) is 0 Å². The molecule has 0 aliphatic rings. The lowest BCUT2D eigenvalue weighted by molar-refractivity contribution is 0.290. The molecule has 0 heterocycles. The van der Waals surface area contributed by atoms with Crippen molar-refractivity contribution in [1.82, 2.24) is 0 Å². The number of nitriles is 1. The summed E-state index contributed by atoms with van der Waals surface area (Å²) in [5.74, 6) is -1.47. The average molecular weight is 289 g/mol. The van der Waals surface area contributed by atoms with Gasteiger partial charge in [-0.3, -0.25) is 0 Å². The molecule has 2 rings (SSSR count). The highest BCUT2D eigenvalue weighted by Gasteiger charge is 2.14. The smallest absolute Gasteiger partial charge is 0.486 e. The topological polar surface area (TPSA) is 73.5 Å². The number of benzene rings is 2. The van der Waals surface area contributed by atoms with Gasteiger partial charge in [0.2, 0.25) is 0 Å². The Kier molecular flexibility index (Phi) is 4.53. The summed E-state index contributed by atoms with van der Waals surface area (Å²) in [7, 11) is -1.73. The third-order valence-corrected chi connectivity index (χ3v) is 2.80.